The van der Waals surface area contributed by atoms with Crippen LogP contribution in [0, 0.1) is 22.0 Å². The van der Waals surface area contributed by atoms with Crippen LogP contribution in [0.3, 0.4) is 0 Å². The van der Waals surface area contributed by atoms with Gasteiger partial charge in [-0.1, -0.05) is 57.2 Å². The lowest BCUT2D eigenvalue weighted by molar-refractivity contribution is -0.384. The number of nitrogens with one attached hydrogen (secondary N) is 1. The Morgan fingerprint density at radius 2 is 1.55 bits per heavy atom. The van der Waals surface area contributed by atoms with Gasteiger partial charge >= 0.3 is 11.9 Å². The van der Waals surface area contributed by atoms with Crippen molar-refractivity contribution in [1.82, 2.24) is 19.7 Å². The summed E-state index contributed by atoms with van der Waals surface area (Å²) in [7, 11) is 0. The van der Waals surface area contributed by atoms with E-state index in [4.69, 9.17) is 28.4 Å². The number of carboxylic acids is 1. The van der Waals surface area contributed by atoms with E-state index in [0.717, 1.165) is 102 Å². The number of nitro benzene ring substituents is 1. The van der Waals surface area contributed by atoms with Crippen molar-refractivity contribution >= 4 is 34.4 Å². The zero-order valence-corrected chi connectivity index (χ0v) is 43.0. The summed E-state index contributed by atoms with van der Waals surface area (Å²) in [4.78, 5) is 55.2. The molecule has 13 atom stereocenters. The second-order valence-corrected chi connectivity index (χ2v) is 20.6. The molecular formula is C53H77N5O17. The first-order chi connectivity index (χ1) is 36.1. The van der Waals surface area contributed by atoms with Crippen molar-refractivity contribution in [2.45, 2.75) is 158 Å². The molecule has 416 valence electrons. The SMILES string of the molecule is CC(CCC(=O)NCCCN1CCN(CCCn2ccc3cc([N+](=O)[O-])ccc32)CC1)C(CO[C@@H]1OC(CO)[C@H](O)C(O[C@@H](CC2CCCCC2)C(=O)O)C1OC(=O)c1ccccc1)O[C@@H]1OC(C)[C@@H](O)C(O)C1O. The molecule has 7 N–H and O–H groups in total. The molecular weight excluding hydrogens is 979 g/mol. The number of rotatable bonds is 26. The number of carbonyl (C=O) groups is 3. The fourth-order valence-corrected chi connectivity index (χ4v) is 10.5. The number of aliphatic hydroxyl groups excluding tert-OH is 5. The molecule has 2 aromatic carbocycles. The average Bonchev–Trinajstić information content (AvgIpc) is 3.82. The summed E-state index contributed by atoms with van der Waals surface area (Å²) in [5.41, 5.74) is 1.20. The number of amides is 1. The average molecular weight is 1060 g/mol. The van der Waals surface area contributed by atoms with E-state index >= 15 is 0 Å². The number of hydrogen-bond acceptors (Lipinski definition) is 18. The third kappa shape index (κ3) is 16.0. The molecule has 3 saturated heterocycles. The summed E-state index contributed by atoms with van der Waals surface area (Å²) in [5, 5.41) is 79.4. The van der Waals surface area contributed by atoms with Gasteiger partial charge in [-0.25, -0.2) is 9.59 Å². The number of benzene rings is 2. The molecule has 0 radical (unpaired) electrons. The molecule has 22 heteroatoms. The van der Waals surface area contributed by atoms with Crippen molar-refractivity contribution in [3.05, 3.63) is 76.5 Å². The largest absolute Gasteiger partial charge is 0.479 e. The number of aliphatic carboxylic acids is 1. The lowest BCUT2D eigenvalue weighted by Crippen LogP contribution is -2.63. The van der Waals surface area contributed by atoms with E-state index in [1.807, 2.05) is 12.3 Å². The highest BCUT2D eigenvalue weighted by Crippen LogP contribution is 2.34. The molecule has 1 aromatic heterocycles. The third-order valence-corrected chi connectivity index (χ3v) is 15.2. The van der Waals surface area contributed by atoms with Gasteiger partial charge in [0.25, 0.3) is 5.69 Å². The van der Waals surface area contributed by atoms with Crippen LogP contribution in [0.4, 0.5) is 5.69 Å². The Bertz CT molecular complexity index is 2280. The lowest BCUT2D eigenvalue weighted by atomic mass is 9.85. The monoisotopic (exact) mass is 1060 g/mol. The number of piperazine rings is 1. The van der Waals surface area contributed by atoms with E-state index in [0.29, 0.717) is 6.54 Å². The van der Waals surface area contributed by atoms with Gasteiger partial charge in [-0.05, 0) is 81.8 Å². The van der Waals surface area contributed by atoms with E-state index in [-0.39, 0.29) is 53.9 Å². The highest BCUT2D eigenvalue weighted by atomic mass is 16.7. The second kappa shape index (κ2) is 28.1. The Morgan fingerprint density at radius 1 is 0.840 bits per heavy atom. The number of esters is 1. The van der Waals surface area contributed by atoms with Crippen LogP contribution in [-0.4, -0.2) is 200 Å². The molecule has 4 fully saturated rings. The molecule has 4 aliphatic rings. The molecule has 3 aliphatic heterocycles. The number of nitro groups is 1. The normalized spacial score (nSPS) is 28.4. The molecule has 7 rings (SSSR count). The Balaban J connectivity index is 0.934. The number of aromatic nitrogens is 1. The standard InChI is InChI=1S/C53H77N5O17/c1-33(15-18-43(60)54-20-9-21-55-25-27-56(28-26-55)22-10-23-57-24-19-37-30-38(58(68)69)16-17-39(37)57)42(74-52-47(64)46(63)44(61)34(2)71-52)32-70-53-49(75-51(67)36-13-7-4-8-14-36)48(45(62)41(31-59)73-53)72-40(50(65)66)29-35-11-5-3-6-12-35/h4,7-8,13-14,16-17,19,24,30,33-35,40-42,44-49,52-53,59,61-64H,3,5-6,9-12,15,18,20-23,25-29,31-32H2,1-2H3,(H,54,60)(H,65,66)/t33?,34?,40-,41?,42?,44+,45-,46?,47?,48?,49?,52-,53+/m0/s1. The molecule has 4 heterocycles. The summed E-state index contributed by atoms with van der Waals surface area (Å²) in [6.07, 6.45) is -8.57. The molecule has 3 aromatic rings. The fourth-order valence-electron chi connectivity index (χ4n) is 10.5. The van der Waals surface area contributed by atoms with Crippen LogP contribution in [0.25, 0.3) is 10.9 Å². The maximum atomic E-state index is 13.7. The van der Waals surface area contributed by atoms with Crippen LogP contribution in [0.2, 0.25) is 0 Å². The van der Waals surface area contributed by atoms with Crippen molar-refractivity contribution < 1.29 is 78.4 Å². The fraction of sp³-hybridized carbons (Fsp3) is 0.679. The quantitative estimate of drug-likeness (QED) is 0.0263. The van der Waals surface area contributed by atoms with Gasteiger partial charge in [0.2, 0.25) is 5.91 Å². The number of nitrogens with zero attached hydrogens (tertiary/aromatic N) is 4. The Morgan fingerprint density at radius 3 is 2.23 bits per heavy atom. The van der Waals surface area contributed by atoms with E-state index in [1.165, 1.54) is 25.1 Å². The number of fused-ring (bicyclic) bond motifs is 1. The summed E-state index contributed by atoms with van der Waals surface area (Å²) in [5.74, 6) is -2.78. The molecule has 1 aliphatic carbocycles. The van der Waals surface area contributed by atoms with Crippen LogP contribution in [-0.2, 0) is 44.6 Å². The molecule has 1 amide bonds. The van der Waals surface area contributed by atoms with Crippen LogP contribution < -0.4 is 5.32 Å². The van der Waals surface area contributed by atoms with Gasteiger partial charge in [0.1, 0.15) is 36.6 Å². The lowest BCUT2D eigenvalue weighted by Gasteiger charge is -2.45. The molecule has 75 heavy (non-hydrogen) atoms. The Labute approximate surface area is 436 Å². The van der Waals surface area contributed by atoms with Gasteiger partial charge in [-0.15, -0.1) is 0 Å². The van der Waals surface area contributed by atoms with Crippen molar-refractivity contribution in [2.75, 3.05) is 59.0 Å². The smallest absolute Gasteiger partial charge is 0.338 e. The van der Waals surface area contributed by atoms with Crippen LogP contribution in [0.15, 0.2) is 60.8 Å². The number of non-ortho nitro benzene ring substituents is 1. The first kappa shape index (κ1) is 58.0. The summed E-state index contributed by atoms with van der Waals surface area (Å²) >= 11 is 0. The van der Waals surface area contributed by atoms with Crippen molar-refractivity contribution in [2.24, 2.45) is 11.8 Å². The molecule has 0 bridgehead atoms. The predicted molar refractivity (Wildman–Crippen MR) is 270 cm³/mol. The minimum atomic E-state index is -1.68. The Hall–Kier alpha value is -4.69. The van der Waals surface area contributed by atoms with Crippen molar-refractivity contribution in [1.29, 1.82) is 0 Å². The Kier molecular flexibility index (Phi) is 21.7. The number of carboxylic acid groups (broad SMARTS) is 1. The first-order valence-electron chi connectivity index (χ1n) is 26.6. The predicted octanol–water partition coefficient (Wildman–Crippen LogP) is 2.82. The first-order valence-corrected chi connectivity index (χ1v) is 26.6. The van der Waals surface area contributed by atoms with Crippen LogP contribution >= 0.6 is 0 Å². The maximum Gasteiger partial charge on any atom is 0.338 e. The number of carbonyl (C=O) groups excluding carboxylic acids is 2. The number of aryl methyl sites for hydroxylation is 1. The van der Waals surface area contributed by atoms with Crippen LogP contribution in [0.1, 0.15) is 88.4 Å². The number of hydrogen-bond donors (Lipinski definition) is 7. The third-order valence-electron chi connectivity index (χ3n) is 15.2. The van der Waals surface area contributed by atoms with Gasteiger partial charge < -0.3 is 78.7 Å². The zero-order valence-electron chi connectivity index (χ0n) is 43.0. The van der Waals surface area contributed by atoms with Gasteiger partial charge in [0.15, 0.2) is 24.8 Å². The highest BCUT2D eigenvalue weighted by Gasteiger charge is 2.51. The van der Waals surface area contributed by atoms with E-state index in [9.17, 15) is 55.1 Å². The van der Waals surface area contributed by atoms with Crippen LogP contribution in [0.5, 0.6) is 0 Å². The number of ether oxygens (including phenoxy) is 6. The topological polar surface area (TPSA) is 295 Å². The summed E-state index contributed by atoms with van der Waals surface area (Å²) in [6.45, 7) is 8.83. The molecule has 1 saturated carbocycles. The molecule has 0 spiro atoms. The maximum absolute atomic E-state index is 13.7. The van der Waals surface area contributed by atoms with Gasteiger partial charge in [0, 0.05) is 74.9 Å². The van der Waals surface area contributed by atoms with Gasteiger partial charge in [0.05, 0.1) is 35.9 Å². The van der Waals surface area contributed by atoms with E-state index in [1.54, 1.807) is 37.3 Å². The van der Waals surface area contributed by atoms with Crippen molar-refractivity contribution in [3.63, 3.8) is 0 Å². The van der Waals surface area contributed by atoms with Crippen molar-refractivity contribution in [3.8, 4) is 0 Å². The minimum Gasteiger partial charge on any atom is -0.479 e. The van der Waals surface area contributed by atoms with Gasteiger partial charge in [-0.3, -0.25) is 14.9 Å². The minimum absolute atomic E-state index is 0.0527. The number of aliphatic hydroxyl groups is 5. The molecule has 22 nitrogen and oxygen atoms in total. The van der Waals surface area contributed by atoms with E-state index < -0.39 is 98.1 Å². The highest BCUT2D eigenvalue weighted by molar-refractivity contribution is 5.89. The summed E-state index contributed by atoms with van der Waals surface area (Å²) < 4.78 is 38.7. The van der Waals surface area contributed by atoms with Gasteiger partial charge in [-0.2, -0.15) is 0 Å². The zero-order chi connectivity index (χ0) is 53.6. The second-order valence-electron chi connectivity index (χ2n) is 20.6. The molecule has 8 unspecified atom stereocenters. The summed E-state index contributed by atoms with van der Waals surface area (Å²) in [6, 6.07) is 14.8. The van der Waals surface area contributed by atoms with E-state index in [2.05, 4.69) is 19.7 Å².